The Bertz CT molecular complexity index is 644. The molecule has 0 aliphatic rings. The highest BCUT2D eigenvalue weighted by Gasteiger charge is 2.17. The molecule has 0 saturated heterocycles. The second-order valence-corrected chi connectivity index (χ2v) is 3.11. The number of carbonyl (C=O) groups is 1. The fourth-order valence-corrected chi connectivity index (χ4v) is 1.10. The molecule has 0 aliphatic heterocycles. The van der Waals surface area contributed by atoms with Gasteiger partial charge in [0.25, 0.3) is 0 Å². The average molecular weight is 300 g/mol. The van der Waals surface area contributed by atoms with Crippen molar-refractivity contribution in [2.24, 2.45) is 16.5 Å². The number of hydrogen-bond acceptors (Lipinski definition) is 5. The molecule has 0 atom stereocenters. The van der Waals surface area contributed by atoms with Crippen LogP contribution >= 0.6 is 24.0 Å². The number of nitrogens with zero attached hydrogens (tertiary/aromatic N) is 4. The third-order valence-electron chi connectivity index (χ3n) is 1.51. The Labute approximate surface area is 123 Å². The molecular weight excluding hydrogens is 281 g/mol. The van der Waals surface area contributed by atoms with E-state index < -0.39 is 48.3 Å². The van der Waals surface area contributed by atoms with Crippen LogP contribution in [0, 0.1) is 0 Å². The Morgan fingerprint density at radius 1 is 1.44 bits per heavy atom. The second-order valence-electron chi connectivity index (χ2n) is 2.75. The maximum atomic E-state index is 11.7. The van der Waals surface area contributed by atoms with E-state index in [0.29, 0.717) is 0 Å². The summed E-state index contributed by atoms with van der Waals surface area (Å²) < 4.78 is 43.7. The summed E-state index contributed by atoms with van der Waals surface area (Å²) >= 11 is 5.75. The summed E-state index contributed by atoms with van der Waals surface area (Å²) in [5, 5.41) is -0.666. The predicted octanol–water partition coefficient (Wildman–Crippen LogP) is -0.386. The van der Waals surface area contributed by atoms with Gasteiger partial charge < -0.3 is 22.1 Å². The molecule has 0 unspecified atom stereocenters. The number of guanidine groups is 1. The molecule has 100 valence electrons. The van der Waals surface area contributed by atoms with E-state index in [0.717, 1.165) is 0 Å². The molecule has 0 bridgehead atoms. The van der Waals surface area contributed by atoms with Crippen molar-refractivity contribution in [1.29, 1.82) is 0 Å². The van der Waals surface area contributed by atoms with Crippen molar-refractivity contribution in [3.8, 4) is 0 Å². The Balaban J connectivity index is 0.00000529. The van der Waals surface area contributed by atoms with Gasteiger partial charge in [-0.3, -0.25) is 4.79 Å². The Morgan fingerprint density at radius 2 is 2.06 bits per heavy atom. The van der Waals surface area contributed by atoms with Gasteiger partial charge in [0.1, 0.15) is 0 Å². The van der Waals surface area contributed by atoms with Gasteiger partial charge in [0.2, 0.25) is 0 Å². The van der Waals surface area contributed by atoms with E-state index in [9.17, 15) is 4.79 Å². The van der Waals surface area contributed by atoms with Crippen molar-refractivity contribution in [1.82, 2.24) is 9.97 Å². The van der Waals surface area contributed by atoms with Gasteiger partial charge in [-0.2, -0.15) is 4.99 Å². The van der Waals surface area contributed by atoms with Crippen molar-refractivity contribution >= 4 is 47.5 Å². The standard InChI is InChI=1S/C8H12ClN7O.ClH/c1-16(2)6-4(9)13-3(5(10)14-6)7(17)15-8(11)12;/h1-2H3,(H2,10,14)(H4,11,12,15,17);1H/i1D3,2D3;. The molecule has 1 heterocycles. The van der Waals surface area contributed by atoms with Gasteiger partial charge in [-0.1, -0.05) is 11.6 Å². The zero-order valence-electron chi connectivity index (χ0n) is 14.7. The largest absolute Gasteiger partial charge is 0.382 e. The van der Waals surface area contributed by atoms with E-state index in [1.807, 2.05) is 0 Å². The van der Waals surface area contributed by atoms with E-state index in [2.05, 4.69) is 15.0 Å². The summed E-state index contributed by atoms with van der Waals surface area (Å²) in [5.41, 5.74) is 15.0. The van der Waals surface area contributed by atoms with Crippen LogP contribution in [0.2, 0.25) is 5.15 Å². The Kier molecular flexibility index (Phi) is 2.88. The van der Waals surface area contributed by atoms with Gasteiger partial charge in [-0.05, 0) is 0 Å². The summed E-state index contributed by atoms with van der Waals surface area (Å²) in [6, 6.07) is 0. The second kappa shape index (κ2) is 6.22. The normalized spacial score (nSPS) is 15.6. The van der Waals surface area contributed by atoms with E-state index in [-0.39, 0.29) is 17.3 Å². The number of rotatable bonds is 2. The number of aliphatic imine (C=N–C) groups is 1. The molecule has 1 aromatic heterocycles. The molecule has 0 fully saturated rings. The number of anilines is 2. The molecule has 0 aromatic carbocycles. The molecule has 0 radical (unpaired) electrons. The third kappa shape index (κ3) is 3.60. The smallest absolute Gasteiger partial charge is 0.302 e. The first-order chi connectivity index (χ1) is 10.2. The summed E-state index contributed by atoms with van der Waals surface area (Å²) in [7, 11) is 0. The van der Waals surface area contributed by atoms with E-state index in [4.69, 9.17) is 37.0 Å². The van der Waals surface area contributed by atoms with E-state index >= 15 is 0 Å². The van der Waals surface area contributed by atoms with Gasteiger partial charge in [-0.25, -0.2) is 9.97 Å². The molecule has 6 N–H and O–H groups in total. The first-order valence-corrected chi connectivity index (χ1v) is 4.40. The van der Waals surface area contributed by atoms with Crippen LogP contribution in [0.3, 0.4) is 0 Å². The minimum atomic E-state index is -3.11. The van der Waals surface area contributed by atoms with Crippen LogP contribution in [0.25, 0.3) is 0 Å². The fourth-order valence-electron chi connectivity index (χ4n) is 0.888. The third-order valence-corrected chi connectivity index (χ3v) is 1.76. The van der Waals surface area contributed by atoms with Crippen molar-refractivity contribution in [2.45, 2.75) is 0 Å². The minimum Gasteiger partial charge on any atom is -0.382 e. The SMILES string of the molecule is Cl.[2H]C([2H])([2H])N(c1nc(N)c(C(=O)N=C(N)N)nc1Cl)C([2H])([2H])[2H]. The van der Waals surface area contributed by atoms with Crippen molar-refractivity contribution in [3.05, 3.63) is 10.8 Å². The Morgan fingerprint density at radius 3 is 2.56 bits per heavy atom. The summed E-state index contributed by atoms with van der Waals surface area (Å²) in [6.45, 7) is -6.22. The molecule has 8 nitrogen and oxygen atoms in total. The molecule has 18 heavy (non-hydrogen) atoms. The van der Waals surface area contributed by atoms with E-state index in [1.54, 1.807) is 0 Å². The topological polar surface area (TPSA) is 137 Å². The van der Waals surface area contributed by atoms with Gasteiger partial charge in [0.05, 0.1) is 0 Å². The van der Waals surface area contributed by atoms with E-state index in [1.165, 1.54) is 0 Å². The molecule has 1 amide bonds. The molecule has 0 saturated carbocycles. The highest BCUT2D eigenvalue weighted by molar-refractivity contribution is 6.32. The lowest BCUT2D eigenvalue weighted by atomic mass is 10.4. The monoisotopic (exact) mass is 299 g/mol. The lowest BCUT2D eigenvalue weighted by molar-refractivity contribution is 0.0998. The zero-order chi connectivity index (χ0) is 18.2. The maximum Gasteiger partial charge on any atom is 0.302 e. The van der Waals surface area contributed by atoms with Gasteiger partial charge in [0.15, 0.2) is 28.4 Å². The predicted molar refractivity (Wildman–Crippen MR) is 73.2 cm³/mol. The molecule has 1 aromatic rings. The number of nitrogen functional groups attached to an aromatic ring is 1. The molecule has 0 aliphatic carbocycles. The van der Waals surface area contributed by atoms with Gasteiger partial charge in [-0.15, -0.1) is 12.4 Å². The zero-order valence-corrected chi connectivity index (χ0v) is 10.3. The quantitative estimate of drug-likeness (QED) is 0.500. The lowest BCUT2D eigenvalue weighted by Gasteiger charge is -2.13. The maximum absolute atomic E-state index is 11.7. The molecule has 10 heteroatoms. The van der Waals surface area contributed by atoms with Crippen molar-refractivity contribution in [2.75, 3.05) is 24.6 Å². The lowest BCUT2D eigenvalue weighted by Crippen LogP contribution is -2.25. The van der Waals surface area contributed by atoms with Crippen LogP contribution in [-0.4, -0.2) is 35.8 Å². The summed E-state index contributed by atoms with van der Waals surface area (Å²) in [4.78, 5) is 21.9. The molecule has 1 rings (SSSR count). The van der Waals surface area contributed by atoms with Crippen LogP contribution in [0.15, 0.2) is 4.99 Å². The Hall–Kier alpha value is -1.80. The van der Waals surface area contributed by atoms with Crippen LogP contribution in [0.5, 0.6) is 0 Å². The number of nitrogens with two attached hydrogens (primary N) is 3. The van der Waals surface area contributed by atoms with Crippen LogP contribution in [0.1, 0.15) is 18.7 Å². The highest BCUT2D eigenvalue weighted by atomic mass is 35.5. The number of aromatic nitrogens is 2. The first kappa shape index (κ1) is 8.33. The molecular formula is C8H13Cl2N7O. The van der Waals surface area contributed by atoms with Crippen molar-refractivity contribution < 1.29 is 13.0 Å². The van der Waals surface area contributed by atoms with Crippen molar-refractivity contribution in [3.63, 3.8) is 0 Å². The minimum absolute atomic E-state index is 0. The number of halogens is 2. The average Bonchev–Trinajstić information content (AvgIpc) is 2.28. The highest BCUT2D eigenvalue weighted by Crippen LogP contribution is 2.22. The van der Waals surface area contributed by atoms with Gasteiger partial charge in [0, 0.05) is 22.2 Å². The number of carbonyl (C=O) groups excluding carboxylic acids is 1. The first-order valence-electron chi connectivity index (χ1n) is 7.02. The van der Waals surface area contributed by atoms with Crippen LogP contribution < -0.4 is 22.1 Å². The van der Waals surface area contributed by atoms with Crippen LogP contribution in [0.4, 0.5) is 11.6 Å². The number of amides is 1. The number of hydrogen-bond donors (Lipinski definition) is 3. The molecule has 0 spiro atoms. The van der Waals surface area contributed by atoms with Crippen LogP contribution in [-0.2, 0) is 0 Å². The summed E-state index contributed by atoms with van der Waals surface area (Å²) in [6.07, 6.45) is 0. The fraction of sp³-hybridized carbons (Fsp3) is 0.250. The van der Waals surface area contributed by atoms with Gasteiger partial charge >= 0.3 is 5.91 Å². The summed E-state index contributed by atoms with van der Waals surface area (Å²) in [5.74, 6) is -2.95.